The Labute approximate surface area is 69.6 Å². The Kier molecular flexibility index (Phi) is 2.66. The molecule has 0 atom stereocenters. The van der Waals surface area contributed by atoms with Crippen molar-refractivity contribution in [3.05, 3.63) is 10.1 Å². The first-order valence-electron chi connectivity index (χ1n) is 3.66. The first-order chi connectivity index (χ1) is 4.75. The van der Waals surface area contributed by atoms with Crippen molar-refractivity contribution >= 4 is 21.7 Å². The molecule has 0 saturated carbocycles. The molecule has 0 N–H and O–H groups in total. The fourth-order valence-electron chi connectivity index (χ4n) is 1.22. The summed E-state index contributed by atoms with van der Waals surface area (Å²) < 4.78 is 0.856. The molecule has 0 spiro atoms. The molecule has 56 valence electrons. The Hall–Kier alpha value is -0.110. The maximum Gasteiger partial charge on any atom is 0.170 e. The largest absolute Gasteiger partial charge is 0.294 e. The van der Waals surface area contributed by atoms with Gasteiger partial charge in [0.25, 0.3) is 0 Å². The maximum absolute atomic E-state index is 11.0. The van der Waals surface area contributed by atoms with Crippen LogP contribution in [0.4, 0.5) is 0 Å². The number of allylic oxidation sites excluding steroid dienone is 2. The smallest absolute Gasteiger partial charge is 0.170 e. The number of Topliss-reactive ketones (excluding diaryl/α,β-unsaturated/α-hetero) is 1. The van der Waals surface area contributed by atoms with E-state index in [4.69, 9.17) is 0 Å². The highest BCUT2D eigenvalue weighted by Crippen LogP contribution is 2.30. The van der Waals surface area contributed by atoms with E-state index in [9.17, 15) is 4.79 Å². The van der Waals surface area contributed by atoms with Crippen LogP contribution in [0.1, 0.15) is 32.6 Å². The van der Waals surface area contributed by atoms with Gasteiger partial charge in [0, 0.05) is 6.42 Å². The highest BCUT2D eigenvalue weighted by atomic mass is 79.9. The van der Waals surface area contributed by atoms with Crippen LogP contribution in [0.3, 0.4) is 0 Å². The molecule has 0 aromatic rings. The second-order valence-electron chi connectivity index (χ2n) is 2.59. The maximum atomic E-state index is 11.0. The quantitative estimate of drug-likeness (QED) is 0.674. The van der Waals surface area contributed by atoms with Gasteiger partial charge in [-0.25, -0.2) is 0 Å². The Morgan fingerprint density at radius 3 is 2.60 bits per heavy atom. The summed E-state index contributed by atoms with van der Waals surface area (Å²) >= 11 is 3.30. The zero-order chi connectivity index (χ0) is 7.56. The number of rotatable bonds is 2. The fraction of sp³-hybridized carbons (Fsp3) is 0.625. The number of hydrogen-bond acceptors (Lipinski definition) is 1. The standard InChI is InChI=1S/C8H11BrO/c1-2-3-6-4-5-7(10)8(6)9/h2-5H2,1H3. The average Bonchev–Trinajstić information content (AvgIpc) is 2.20. The lowest BCUT2D eigenvalue weighted by Gasteiger charge is -1.95. The Morgan fingerprint density at radius 2 is 2.20 bits per heavy atom. The summed E-state index contributed by atoms with van der Waals surface area (Å²) in [6, 6.07) is 0. The Morgan fingerprint density at radius 1 is 1.50 bits per heavy atom. The normalized spacial score (nSPS) is 18.8. The van der Waals surface area contributed by atoms with Crippen LogP contribution in [0.15, 0.2) is 10.1 Å². The van der Waals surface area contributed by atoms with Crippen molar-refractivity contribution in [3.8, 4) is 0 Å². The van der Waals surface area contributed by atoms with Crippen molar-refractivity contribution < 1.29 is 4.79 Å². The lowest BCUT2D eigenvalue weighted by molar-refractivity contribution is -0.114. The number of hydrogen-bond donors (Lipinski definition) is 0. The first kappa shape index (κ1) is 7.99. The van der Waals surface area contributed by atoms with Gasteiger partial charge in [0.05, 0.1) is 4.48 Å². The zero-order valence-electron chi connectivity index (χ0n) is 6.11. The van der Waals surface area contributed by atoms with E-state index < -0.39 is 0 Å². The van der Waals surface area contributed by atoms with Crippen molar-refractivity contribution in [2.45, 2.75) is 32.6 Å². The SMILES string of the molecule is CCCC1=C(Br)C(=O)CC1. The van der Waals surface area contributed by atoms with E-state index in [1.54, 1.807) is 0 Å². The third kappa shape index (κ3) is 1.48. The Balaban J connectivity index is 2.65. The number of ketones is 1. The molecule has 0 amide bonds. The molecule has 0 saturated heterocycles. The summed E-state index contributed by atoms with van der Waals surface area (Å²) in [5.41, 5.74) is 1.31. The van der Waals surface area contributed by atoms with Crippen molar-refractivity contribution in [3.63, 3.8) is 0 Å². The van der Waals surface area contributed by atoms with Crippen LogP contribution in [0.25, 0.3) is 0 Å². The van der Waals surface area contributed by atoms with Crippen molar-refractivity contribution in [1.29, 1.82) is 0 Å². The molecule has 1 aliphatic carbocycles. The third-order valence-electron chi connectivity index (χ3n) is 1.76. The summed E-state index contributed by atoms with van der Waals surface area (Å²) in [4.78, 5) is 11.0. The van der Waals surface area contributed by atoms with Gasteiger partial charge < -0.3 is 0 Å². The average molecular weight is 203 g/mol. The summed E-state index contributed by atoms with van der Waals surface area (Å²) in [5, 5.41) is 0. The predicted molar refractivity (Wildman–Crippen MR) is 45.1 cm³/mol. The number of carbonyl (C=O) groups is 1. The highest BCUT2D eigenvalue weighted by Gasteiger charge is 2.19. The molecule has 0 fully saturated rings. The minimum absolute atomic E-state index is 0.281. The highest BCUT2D eigenvalue weighted by molar-refractivity contribution is 9.12. The predicted octanol–water partition coefficient (Wildman–Crippen LogP) is 2.80. The fourth-order valence-corrected chi connectivity index (χ4v) is 1.81. The topological polar surface area (TPSA) is 17.1 Å². The molecular formula is C8H11BrO. The molecule has 0 bridgehead atoms. The van der Waals surface area contributed by atoms with Gasteiger partial charge in [-0.3, -0.25) is 4.79 Å². The van der Waals surface area contributed by atoms with Crippen molar-refractivity contribution in [1.82, 2.24) is 0 Å². The lowest BCUT2D eigenvalue weighted by Crippen LogP contribution is -1.87. The minimum Gasteiger partial charge on any atom is -0.294 e. The molecule has 0 radical (unpaired) electrons. The van der Waals surface area contributed by atoms with Gasteiger partial charge in [-0.15, -0.1) is 0 Å². The summed E-state index contributed by atoms with van der Waals surface area (Å²) in [6.45, 7) is 2.13. The summed E-state index contributed by atoms with van der Waals surface area (Å²) in [7, 11) is 0. The van der Waals surface area contributed by atoms with E-state index in [1.807, 2.05) is 0 Å². The van der Waals surface area contributed by atoms with E-state index >= 15 is 0 Å². The van der Waals surface area contributed by atoms with Crippen LogP contribution in [0, 0.1) is 0 Å². The van der Waals surface area contributed by atoms with E-state index in [1.165, 1.54) is 5.57 Å². The number of carbonyl (C=O) groups excluding carboxylic acids is 1. The Bertz CT molecular complexity index is 182. The molecule has 2 heteroatoms. The van der Waals surface area contributed by atoms with Crippen molar-refractivity contribution in [2.75, 3.05) is 0 Å². The molecular weight excluding hydrogens is 192 g/mol. The molecule has 1 rings (SSSR count). The second-order valence-corrected chi connectivity index (χ2v) is 3.38. The molecule has 10 heavy (non-hydrogen) atoms. The summed E-state index contributed by atoms with van der Waals surface area (Å²) in [6.07, 6.45) is 3.91. The third-order valence-corrected chi connectivity index (χ3v) is 2.76. The molecule has 0 aromatic heterocycles. The molecule has 0 aromatic carbocycles. The van der Waals surface area contributed by atoms with Gasteiger partial charge in [0.15, 0.2) is 5.78 Å². The summed E-state index contributed by atoms with van der Waals surface area (Å²) in [5.74, 6) is 0.281. The monoisotopic (exact) mass is 202 g/mol. The van der Waals surface area contributed by atoms with E-state index in [-0.39, 0.29) is 5.78 Å². The van der Waals surface area contributed by atoms with Gasteiger partial charge in [-0.1, -0.05) is 18.9 Å². The van der Waals surface area contributed by atoms with Crippen LogP contribution < -0.4 is 0 Å². The van der Waals surface area contributed by atoms with Crippen LogP contribution in [-0.4, -0.2) is 5.78 Å². The van der Waals surface area contributed by atoms with Gasteiger partial charge in [-0.05, 0) is 28.8 Å². The van der Waals surface area contributed by atoms with E-state index in [2.05, 4.69) is 22.9 Å². The molecule has 0 aliphatic heterocycles. The minimum atomic E-state index is 0.281. The van der Waals surface area contributed by atoms with Crippen LogP contribution in [0.5, 0.6) is 0 Å². The van der Waals surface area contributed by atoms with Crippen LogP contribution in [-0.2, 0) is 4.79 Å². The van der Waals surface area contributed by atoms with Gasteiger partial charge in [-0.2, -0.15) is 0 Å². The van der Waals surface area contributed by atoms with E-state index in [0.29, 0.717) is 0 Å². The van der Waals surface area contributed by atoms with E-state index in [0.717, 1.165) is 30.2 Å². The molecule has 1 nitrogen and oxygen atoms in total. The van der Waals surface area contributed by atoms with Crippen molar-refractivity contribution in [2.24, 2.45) is 0 Å². The van der Waals surface area contributed by atoms with Crippen LogP contribution >= 0.6 is 15.9 Å². The zero-order valence-corrected chi connectivity index (χ0v) is 7.70. The second kappa shape index (κ2) is 3.33. The van der Waals surface area contributed by atoms with Gasteiger partial charge in [0.2, 0.25) is 0 Å². The van der Waals surface area contributed by atoms with Gasteiger partial charge in [0.1, 0.15) is 0 Å². The first-order valence-corrected chi connectivity index (χ1v) is 4.45. The lowest BCUT2D eigenvalue weighted by atomic mass is 10.1. The number of halogens is 1. The molecule has 0 heterocycles. The molecule has 0 unspecified atom stereocenters. The van der Waals surface area contributed by atoms with Crippen LogP contribution in [0.2, 0.25) is 0 Å². The molecule has 1 aliphatic rings. The van der Waals surface area contributed by atoms with Gasteiger partial charge >= 0.3 is 0 Å².